The van der Waals surface area contributed by atoms with Crippen molar-refractivity contribution in [2.24, 2.45) is 0 Å². The van der Waals surface area contributed by atoms with E-state index in [1.165, 1.54) is 16.5 Å². The van der Waals surface area contributed by atoms with Gasteiger partial charge in [0, 0.05) is 55.4 Å². The van der Waals surface area contributed by atoms with Crippen LogP contribution in [0.5, 0.6) is 0 Å². The number of piperazine rings is 1. The highest BCUT2D eigenvalue weighted by Gasteiger charge is 2.18. The molecular formula is C26H26N4O. The second-order valence-electron chi connectivity index (χ2n) is 7.97. The molecule has 1 saturated heterocycles. The van der Waals surface area contributed by atoms with Crippen LogP contribution in [0.4, 0.5) is 5.69 Å². The van der Waals surface area contributed by atoms with Crippen molar-refractivity contribution in [2.75, 3.05) is 37.6 Å². The zero-order valence-corrected chi connectivity index (χ0v) is 17.5. The maximum absolute atomic E-state index is 12.3. The first-order chi connectivity index (χ1) is 15.3. The number of rotatable bonds is 5. The van der Waals surface area contributed by atoms with Crippen molar-refractivity contribution in [3.8, 4) is 11.3 Å². The number of nitrogens with zero attached hydrogens (tertiary/aromatic N) is 4. The van der Waals surface area contributed by atoms with E-state index in [4.69, 9.17) is 0 Å². The van der Waals surface area contributed by atoms with Gasteiger partial charge in [0.1, 0.15) is 0 Å². The predicted octanol–water partition coefficient (Wildman–Crippen LogP) is 3.89. The third-order valence-corrected chi connectivity index (χ3v) is 6.04. The summed E-state index contributed by atoms with van der Waals surface area (Å²) in [6.07, 6.45) is 0. The van der Waals surface area contributed by atoms with Crippen LogP contribution in [-0.4, -0.2) is 47.4 Å². The summed E-state index contributed by atoms with van der Waals surface area (Å²) >= 11 is 0. The summed E-state index contributed by atoms with van der Waals surface area (Å²) in [4.78, 5) is 17.2. The van der Waals surface area contributed by atoms with Gasteiger partial charge in [0.25, 0.3) is 5.56 Å². The lowest BCUT2D eigenvalue weighted by Gasteiger charge is -2.36. The van der Waals surface area contributed by atoms with Crippen molar-refractivity contribution >= 4 is 16.5 Å². The van der Waals surface area contributed by atoms with Crippen molar-refractivity contribution in [3.63, 3.8) is 0 Å². The van der Waals surface area contributed by atoms with Crippen molar-refractivity contribution in [2.45, 2.75) is 6.54 Å². The molecule has 0 unspecified atom stereocenters. The van der Waals surface area contributed by atoms with Crippen molar-refractivity contribution in [1.82, 2.24) is 14.7 Å². The molecule has 31 heavy (non-hydrogen) atoms. The average molecular weight is 411 g/mol. The highest BCUT2D eigenvalue weighted by Crippen LogP contribution is 2.27. The van der Waals surface area contributed by atoms with Crippen molar-refractivity contribution in [1.29, 1.82) is 0 Å². The number of benzene rings is 3. The van der Waals surface area contributed by atoms with Gasteiger partial charge in [-0.05, 0) is 17.5 Å². The first-order valence-electron chi connectivity index (χ1n) is 10.9. The molecule has 156 valence electrons. The van der Waals surface area contributed by atoms with Gasteiger partial charge < -0.3 is 4.90 Å². The molecule has 1 aromatic heterocycles. The van der Waals surface area contributed by atoms with Gasteiger partial charge in [0.15, 0.2) is 0 Å². The predicted molar refractivity (Wildman–Crippen MR) is 127 cm³/mol. The van der Waals surface area contributed by atoms with Crippen molar-refractivity contribution in [3.05, 3.63) is 95.3 Å². The van der Waals surface area contributed by atoms with Crippen molar-refractivity contribution < 1.29 is 0 Å². The summed E-state index contributed by atoms with van der Waals surface area (Å²) in [6.45, 7) is 5.37. The van der Waals surface area contributed by atoms with E-state index in [0.29, 0.717) is 6.54 Å². The van der Waals surface area contributed by atoms with E-state index >= 15 is 0 Å². The van der Waals surface area contributed by atoms with Crippen LogP contribution in [0.3, 0.4) is 0 Å². The van der Waals surface area contributed by atoms with Crippen LogP contribution in [0.15, 0.2) is 89.7 Å². The Morgan fingerprint density at radius 1 is 0.710 bits per heavy atom. The van der Waals surface area contributed by atoms with E-state index in [2.05, 4.69) is 57.4 Å². The molecule has 0 bridgehead atoms. The Bertz CT molecular complexity index is 1220. The van der Waals surface area contributed by atoms with Gasteiger partial charge >= 0.3 is 0 Å². The largest absolute Gasteiger partial charge is 0.368 e. The van der Waals surface area contributed by atoms with Crippen LogP contribution < -0.4 is 10.5 Å². The van der Waals surface area contributed by atoms with Gasteiger partial charge in [0.05, 0.1) is 12.2 Å². The molecule has 5 rings (SSSR count). The first-order valence-corrected chi connectivity index (χ1v) is 10.9. The van der Waals surface area contributed by atoms with Crippen LogP contribution in [0.1, 0.15) is 0 Å². The van der Waals surface area contributed by atoms with E-state index < -0.39 is 0 Å². The van der Waals surface area contributed by atoms with Gasteiger partial charge in [-0.2, -0.15) is 5.10 Å². The number of fused-ring (bicyclic) bond motifs is 1. The van der Waals surface area contributed by atoms with E-state index in [-0.39, 0.29) is 5.56 Å². The second kappa shape index (κ2) is 8.74. The molecule has 0 amide bonds. The highest BCUT2D eigenvalue weighted by molar-refractivity contribution is 5.94. The molecule has 5 nitrogen and oxygen atoms in total. The van der Waals surface area contributed by atoms with Gasteiger partial charge in [-0.25, -0.2) is 4.68 Å². The first kappa shape index (κ1) is 19.5. The minimum absolute atomic E-state index is 0.0472. The van der Waals surface area contributed by atoms with Crippen LogP contribution in [0, 0.1) is 0 Å². The minimum atomic E-state index is -0.0472. The summed E-state index contributed by atoms with van der Waals surface area (Å²) in [5.74, 6) is 0. The van der Waals surface area contributed by atoms with E-state index in [1.54, 1.807) is 16.8 Å². The maximum Gasteiger partial charge on any atom is 0.266 e. The van der Waals surface area contributed by atoms with Gasteiger partial charge in [-0.15, -0.1) is 0 Å². The Labute approximate surface area is 182 Å². The maximum atomic E-state index is 12.3. The Balaban J connectivity index is 1.23. The minimum Gasteiger partial charge on any atom is -0.368 e. The lowest BCUT2D eigenvalue weighted by Crippen LogP contribution is -2.47. The van der Waals surface area contributed by atoms with Crippen LogP contribution in [-0.2, 0) is 6.54 Å². The molecule has 5 heteroatoms. The molecule has 0 N–H and O–H groups in total. The van der Waals surface area contributed by atoms with Crippen LogP contribution >= 0.6 is 0 Å². The molecule has 2 heterocycles. The summed E-state index contributed by atoms with van der Waals surface area (Å²) in [5.41, 5.74) is 3.13. The van der Waals surface area contributed by atoms with E-state index in [0.717, 1.165) is 44.0 Å². The monoisotopic (exact) mass is 410 g/mol. The molecule has 1 aliphatic rings. The summed E-state index contributed by atoms with van der Waals surface area (Å²) in [5, 5.41) is 7.19. The Hall–Kier alpha value is -3.44. The molecule has 1 fully saturated rings. The smallest absolute Gasteiger partial charge is 0.266 e. The molecule has 0 radical (unpaired) electrons. The van der Waals surface area contributed by atoms with Crippen LogP contribution in [0.25, 0.3) is 22.0 Å². The fourth-order valence-corrected chi connectivity index (χ4v) is 4.30. The van der Waals surface area contributed by atoms with Crippen LogP contribution in [0.2, 0.25) is 0 Å². The summed E-state index contributed by atoms with van der Waals surface area (Å²) < 4.78 is 1.60. The molecule has 0 saturated carbocycles. The Kier molecular flexibility index (Phi) is 5.50. The standard InChI is InChI=1S/C26H26N4O/c31-26-14-13-24(22-8-2-1-3-9-22)27-30(26)20-17-28-15-18-29(19-16-28)25-12-6-10-21-7-4-5-11-23(21)25/h1-14H,15-20H2. The quantitative estimate of drug-likeness (QED) is 0.501. The molecule has 3 aromatic carbocycles. The van der Waals surface area contributed by atoms with Gasteiger partial charge in [0.2, 0.25) is 0 Å². The Morgan fingerprint density at radius 2 is 1.45 bits per heavy atom. The second-order valence-corrected chi connectivity index (χ2v) is 7.97. The van der Waals surface area contributed by atoms with E-state index in [9.17, 15) is 4.79 Å². The fraction of sp³-hybridized carbons (Fsp3) is 0.231. The normalized spacial score (nSPS) is 14.8. The molecular weight excluding hydrogens is 384 g/mol. The highest BCUT2D eigenvalue weighted by atomic mass is 16.1. The molecule has 0 spiro atoms. The zero-order chi connectivity index (χ0) is 21.0. The number of hydrogen-bond acceptors (Lipinski definition) is 4. The number of aromatic nitrogens is 2. The topological polar surface area (TPSA) is 41.4 Å². The van der Waals surface area contributed by atoms with Gasteiger partial charge in [-0.1, -0.05) is 66.7 Å². The number of hydrogen-bond donors (Lipinski definition) is 0. The lowest BCUT2D eigenvalue weighted by atomic mass is 10.1. The molecule has 0 atom stereocenters. The van der Waals surface area contributed by atoms with Gasteiger partial charge in [-0.3, -0.25) is 9.69 Å². The zero-order valence-electron chi connectivity index (χ0n) is 17.5. The summed E-state index contributed by atoms with van der Waals surface area (Å²) in [6, 6.07) is 28.5. The Morgan fingerprint density at radius 3 is 2.29 bits per heavy atom. The fourth-order valence-electron chi connectivity index (χ4n) is 4.30. The number of anilines is 1. The summed E-state index contributed by atoms with van der Waals surface area (Å²) in [7, 11) is 0. The molecule has 0 aliphatic carbocycles. The molecule has 4 aromatic rings. The van der Waals surface area contributed by atoms with E-state index in [1.807, 2.05) is 30.3 Å². The average Bonchev–Trinajstić information content (AvgIpc) is 2.84. The third-order valence-electron chi connectivity index (χ3n) is 6.04. The lowest BCUT2D eigenvalue weighted by molar-refractivity contribution is 0.243. The SMILES string of the molecule is O=c1ccc(-c2ccccc2)nn1CCN1CCN(c2cccc3ccccc23)CC1. The molecule has 1 aliphatic heterocycles. The third kappa shape index (κ3) is 4.23.